The minimum atomic E-state index is 1.000. The minimum Gasteiger partial charge on any atom is -0.312 e. The summed E-state index contributed by atoms with van der Waals surface area (Å²) in [5.74, 6) is 2.18. The van der Waals surface area contributed by atoms with Crippen LogP contribution in [0.5, 0.6) is 0 Å². The van der Waals surface area contributed by atoms with Crippen LogP contribution in [0.3, 0.4) is 0 Å². The van der Waals surface area contributed by atoms with Gasteiger partial charge in [0.25, 0.3) is 0 Å². The number of rotatable bonds is 12. The lowest BCUT2D eigenvalue weighted by Crippen LogP contribution is -1.97. The molecule has 150 valence electrons. The zero-order chi connectivity index (χ0) is 19.6. The maximum atomic E-state index is 4.12. The first-order valence-electron chi connectivity index (χ1n) is 9.74. The third-order valence-corrected chi connectivity index (χ3v) is 6.84. The van der Waals surface area contributed by atoms with Gasteiger partial charge in [-0.2, -0.15) is 0 Å². The Bertz CT molecular complexity index is 775. The molecule has 0 amide bonds. The summed E-state index contributed by atoms with van der Waals surface area (Å²) in [5.41, 5.74) is 3.01. The third kappa shape index (κ3) is 6.38. The lowest BCUT2D eigenvalue weighted by atomic mass is 9.98. The van der Waals surface area contributed by atoms with Crippen molar-refractivity contribution in [2.75, 3.05) is 11.5 Å². The van der Waals surface area contributed by atoms with Crippen LogP contribution in [-0.4, -0.2) is 41.0 Å². The number of thioether (sulfide) groups is 2. The number of hydrogen-bond acceptors (Lipinski definition) is 6. The lowest BCUT2D eigenvalue weighted by Gasteiger charge is -2.09. The normalized spacial score (nSPS) is 11.2. The van der Waals surface area contributed by atoms with Gasteiger partial charge in [0.2, 0.25) is 0 Å². The summed E-state index contributed by atoms with van der Waals surface area (Å²) in [6.45, 7) is 0. The molecule has 1 aromatic carbocycles. The van der Waals surface area contributed by atoms with E-state index in [0.29, 0.717) is 0 Å². The number of aryl methyl sites for hydroxylation is 4. The van der Waals surface area contributed by atoms with Gasteiger partial charge in [-0.1, -0.05) is 47.8 Å². The van der Waals surface area contributed by atoms with Crippen LogP contribution in [0.25, 0.3) is 0 Å². The van der Waals surface area contributed by atoms with Crippen molar-refractivity contribution in [3.63, 3.8) is 0 Å². The average molecular weight is 417 g/mol. The number of benzene rings is 1. The molecule has 2 aromatic heterocycles. The zero-order valence-corrected chi connectivity index (χ0v) is 18.3. The fourth-order valence-electron chi connectivity index (χ4n) is 3.01. The SMILES string of the molecule is Cn1cnnc1SCCCCc1ccccc1CCCCSc1nncn1C. The van der Waals surface area contributed by atoms with Crippen molar-refractivity contribution in [1.29, 1.82) is 0 Å². The van der Waals surface area contributed by atoms with E-state index in [2.05, 4.69) is 44.7 Å². The largest absolute Gasteiger partial charge is 0.312 e. The highest BCUT2D eigenvalue weighted by Gasteiger charge is 2.05. The van der Waals surface area contributed by atoms with Gasteiger partial charge in [-0.3, -0.25) is 0 Å². The Morgan fingerprint density at radius 2 is 1.18 bits per heavy atom. The summed E-state index contributed by atoms with van der Waals surface area (Å²) in [4.78, 5) is 0. The maximum Gasteiger partial charge on any atom is 0.190 e. The molecule has 0 spiro atoms. The van der Waals surface area contributed by atoms with Crippen molar-refractivity contribution in [3.8, 4) is 0 Å². The van der Waals surface area contributed by atoms with Crippen LogP contribution in [0, 0.1) is 0 Å². The van der Waals surface area contributed by atoms with E-state index in [0.717, 1.165) is 34.7 Å². The Morgan fingerprint density at radius 1 is 0.714 bits per heavy atom. The summed E-state index contributed by atoms with van der Waals surface area (Å²) < 4.78 is 3.95. The van der Waals surface area contributed by atoms with E-state index >= 15 is 0 Å². The van der Waals surface area contributed by atoms with E-state index in [1.54, 1.807) is 36.2 Å². The van der Waals surface area contributed by atoms with E-state index < -0.39 is 0 Å². The Balaban J connectivity index is 1.34. The topological polar surface area (TPSA) is 61.4 Å². The Kier molecular flexibility index (Phi) is 8.42. The second-order valence-corrected chi connectivity index (χ2v) is 8.95. The highest BCUT2D eigenvalue weighted by atomic mass is 32.2. The van der Waals surface area contributed by atoms with Gasteiger partial charge in [-0.05, 0) is 49.7 Å². The van der Waals surface area contributed by atoms with Gasteiger partial charge in [0.1, 0.15) is 12.7 Å². The highest BCUT2D eigenvalue weighted by Crippen LogP contribution is 2.20. The van der Waals surface area contributed by atoms with E-state index in [9.17, 15) is 0 Å². The molecule has 0 aliphatic carbocycles. The standard InChI is InChI=1S/C20H28N6S2/c1-25-15-21-23-19(25)27-13-7-5-11-17-9-3-4-10-18(17)12-6-8-14-28-20-24-22-16-26(20)2/h3-4,9-10,15-16H,5-8,11-14H2,1-2H3. The van der Waals surface area contributed by atoms with Gasteiger partial charge in [0.05, 0.1) is 0 Å². The van der Waals surface area contributed by atoms with Crippen molar-refractivity contribution in [2.24, 2.45) is 14.1 Å². The number of hydrogen-bond donors (Lipinski definition) is 0. The van der Waals surface area contributed by atoms with Crippen LogP contribution >= 0.6 is 23.5 Å². The van der Waals surface area contributed by atoms with Crippen LogP contribution in [0.4, 0.5) is 0 Å². The van der Waals surface area contributed by atoms with E-state index in [-0.39, 0.29) is 0 Å². The van der Waals surface area contributed by atoms with Crippen LogP contribution in [0.15, 0.2) is 47.2 Å². The molecule has 3 aromatic rings. The fourth-order valence-corrected chi connectivity index (χ4v) is 4.79. The highest BCUT2D eigenvalue weighted by molar-refractivity contribution is 7.99. The lowest BCUT2D eigenvalue weighted by molar-refractivity contribution is 0.756. The minimum absolute atomic E-state index is 1.000. The first kappa shape index (κ1) is 20.9. The van der Waals surface area contributed by atoms with E-state index in [1.807, 2.05) is 23.2 Å². The average Bonchev–Trinajstić information content (AvgIpc) is 3.30. The van der Waals surface area contributed by atoms with Crippen molar-refractivity contribution < 1.29 is 0 Å². The molecular formula is C20H28N6S2. The Morgan fingerprint density at radius 3 is 1.57 bits per heavy atom. The predicted octanol–water partition coefficient (Wildman–Crippen LogP) is 4.17. The third-order valence-electron chi connectivity index (χ3n) is 4.60. The van der Waals surface area contributed by atoms with Gasteiger partial charge in [0, 0.05) is 25.6 Å². The van der Waals surface area contributed by atoms with Crippen molar-refractivity contribution in [2.45, 2.75) is 48.8 Å². The molecular weight excluding hydrogens is 388 g/mol. The number of aromatic nitrogens is 6. The van der Waals surface area contributed by atoms with Crippen LogP contribution < -0.4 is 0 Å². The molecule has 8 heteroatoms. The van der Waals surface area contributed by atoms with E-state index in [4.69, 9.17) is 0 Å². The quantitative estimate of drug-likeness (QED) is 0.326. The molecule has 0 saturated carbocycles. The molecule has 6 nitrogen and oxygen atoms in total. The van der Waals surface area contributed by atoms with E-state index in [1.165, 1.54) is 36.8 Å². The Labute approximate surface area is 175 Å². The van der Waals surface area contributed by atoms with Gasteiger partial charge in [0.15, 0.2) is 10.3 Å². The van der Waals surface area contributed by atoms with Crippen LogP contribution in [-0.2, 0) is 26.9 Å². The molecule has 2 heterocycles. The van der Waals surface area contributed by atoms with Gasteiger partial charge < -0.3 is 9.13 Å². The molecule has 0 aliphatic heterocycles. The molecule has 28 heavy (non-hydrogen) atoms. The zero-order valence-electron chi connectivity index (χ0n) is 16.6. The first-order chi connectivity index (χ1) is 13.7. The van der Waals surface area contributed by atoms with Gasteiger partial charge in [-0.15, -0.1) is 20.4 Å². The smallest absolute Gasteiger partial charge is 0.190 e. The second kappa shape index (κ2) is 11.3. The van der Waals surface area contributed by atoms with Gasteiger partial charge >= 0.3 is 0 Å². The number of unbranched alkanes of at least 4 members (excludes halogenated alkanes) is 2. The maximum absolute atomic E-state index is 4.12. The molecule has 3 rings (SSSR count). The Hall–Kier alpha value is -1.80. The molecule has 0 saturated heterocycles. The molecule has 0 fully saturated rings. The molecule has 0 N–H and O–H groups in total. The van der Waals surface area contributed by atoms with Crippen LogP contribution in [0.1, 0.15) is 36.8 Å². The fraction of sp³-hybridized carbons (Fsp3) is 0.500. The number of nitrogens with zero attached hydrogens (tertiary/aromatic N) is 6. The van der Waals surface area contributed by atoms with Gasteiger partial charge in [-0.25, -0.2) is 0 Å². The monoisotopic (exact) mass is 416 g/mol. The van der Waals surface area contributed by atoms with Crippen molar-refractivity contribution in [1.82, 2.24) is 29.5 Å². The molecule has 0 unspecified atom stereocenters. The molecule has 0 bridgehead atoms. The summed E-state index contributed by atoms with van der Waals surface area (Å²) in [5, 5.41) is 18.1. The predicted molar refractivity (Wildman–Crippen MR) is 116 cm³/mol. The van der Waals surface area contributed by atoms with Crippen molar-refractivity contribution >= 4 is 23.5 Å². The summed E-state index contributed by atoms with van der Waals surface area (Å²) in [6.07, 6.45) is 10.6. The summed E-state index contributed by atoms with van der Waals surface area (Å²) in [7, 11) is 3.98. The molecule has 0 atom stereocenters. The summed E-state index contributed by atoms with van der Waals surface area (Å²) >= 11 is 3.58. The second-order valence-electron chi connectivity index (χ2n) is 6.83. The first-order valence-corrected chi connectivity index (χ1v) is 11.7. The molecule has 0 radical (unpaired) electrons. The molecule has 0 aliphatic rings. The summed E-state index contributed by atoms with van der Waals surface area (Å²) in [6, 6.07) is 8.91. The van der Waals surface area contributed by atoms with Crippen LogP contribution in [0.2, 0.25) is 0 Å². The van der Waals surface area contributed by atoms with Crippen molar-refractivity contribution in [3.05, 3.63) is 48.0 Å².